The Morgan fingerprint density at radius 2 is 0.658 bits per heavy atom. The average molecular weight is 489 g/mol. The van der Waals surface area contributed by atoms with E-state index in [0.29, 0.717) is 35.5 Å². The molecule has 0 N–H and O–H groups in total. The lowest BCUT2D eigenvalue weighted by Gasteiger charge is -2.62. The van der Waals surface area contributed by atoms with Gasteiger partial charge in [-0.15, -0.1) is 0 Å². The Kier molecular flexibility index (Phi) is 3.88. The number of allylic oxidation sites excluding steroid dienone is 2. The molecule has 38 heavy (non-hydrogen) atoms. The van der Waals surface area contributed by atoms with Crippen molar-refractivity contribution >= 4 is 0 Å². The molecule has 0 aliphatic heterocycles. The summed E-state index contributed by atoms with van der Waals surface area (Å²) in [6.07, 6.45) is 5.65. The molecule has 4 unspecified atom stereocenters. The highest BCUT2D eigenvalue weighted by Crippen LogP contribution is 2.72. The Balaban J connectivity index is 1.36. The summed E-state index contributed by atoms with van der Waals surface area (Å²) in [7, 11) is 0. The van der Waals surface area contributed by atoms with Crippen molar-refractivity contribution in [1.29, 1.82) is 0 Å². The van der Waals surface area contributed by atoms with Gasteiger partial charge >= 0.3 is 0 Å². The Hall–Kier alpha value is -3.38. The van der Waals surface area contributed by atoms with Crippen molar-refractivity contribution < 1.29 is 0 Å². The second-order valence-electron chi connectivity index (χ2n) is 12.9. The van der Waals surface area contributed by atoms with Crippen molar-refractivity contribution in [3.63, 3.8) is 0 Å². The fraction of sp³-hybridized carbons (Fsp3) is 0.316. The predicted octanol–water partition coefficient (Wildman–Crippen LogP) is 8.92. The first-order valence-corrected chi connectivity index (χ1v) is 15.0. The van der Waals surface area contributed by atoms with Crippen molar-refractivity contribution in [2.75, 3.05) is 0 Å². The van der Waals surface area contributed by atoms with Crippen LogP contribution >= 0.6 is 0 Å². The lowest BCUT2D eigenvalue weighted by molar-refractivity contribution is 0.0815. The smallest absolute Gasteiger partial charge is 0.0311 e. The molecule has 0 radical (unpaired) electrons. The number of fused-ring (bicyclic) bond motifs is 1. The molecule has 12 rings (SSSR count). The maximum absolute atomic E-state index is 2.48. The first kappa shape index (κ1) is 20.6. The van der Waals surface area contributed by atoms with Crippen LogP contribution in [0.5, 0.6) is 0 Å². The van der Waals surface area contributed by atoms with Crippen LogP contribution in [0.2, 0.25) is 0 Å². The minimum absolute atomic E-state index is 0.427. The van der Waals surface area contributed by atoms with Gasteiger partial charge in [0.05, 0.1) is 0 Å². The van der Waals surface area contributed by atoms with Crippen LogP contribution in [0.25, 0.3) is 0 Å². The van der Waals surface area contributed by atoms with Crippen molar-refractivity contribution in [1.82, 2.24) is 0 Å². The summed E-state index contributed by atoms with van der Waals surface area (Å²) in [5.74, 6) is 4.84. The Bertz CT molecular complexity index is 1470. The molecule has 0 amide bonds. The molecule has 0 heterocycles. The Morgan fingerprint density at radius 3 is 0.974 bits per heavy atom. The van der Waals surface area contributed by atoms with Crippen LogP contribution in [0.1, 0.15) is 93.9 Å². The summed E-state index contributed by atoms with van der Waals surface area (Å²) in [4.78, 5) is 0. The Labute approximate surface area is 225 Å². The minimum atomic E-state index is 0.427. The third kappa shape index (κ3) is 2.28. The highest BCUT2D eigenvalue weighted by molar-refractivity contribution is 5.70. The van der Waals surface area contributed by atoms with Gasteiger partial charge in [-0.3, -0.25) is 0 Å². The standard InChI is InChI=1S/C38H32/c1-5-15-25-21(11-1)31-22-12-2-6-16-26(22)33(25)37-35(31)29-19-9-10-20-30(29)36-32-23-13-3-7-17-27(23)34(38(36)37)28-18-8-4-14-24(28)32/h1-8,11-18,29-36H,9-10,19-20H2. The monoisotopic (exact) mass is 488 g/mol. The van der Waals surface area contributed by atoms with E-state index in [1.807, 2.05) is 11.1 Å². The zero-order chi connectivity index (χ0) is 24.5. The number of rotatable bonds is 0. The molecule has 1 fully saturated rings. The quantitative estimate of drug-likeness (QED) is 0.217. The van der Waals surface area contributed by atoms with E-state index in [4.69, 9.17) is 0 Å². The molecule has 4 aromatic rings. The van der Waals surface area contributed by atoms with E-state index in [0.717, 1.165) is 11.8 Å². The maximum atomic E-state index is 2.48. The lowest BCUT2D eigenvalue weighted by Crippen LogP contribution is -2.52. The minimum Gasteiger partial charge on any atom is -0.0620 e. The Morgan fingerprint density at radius 1 is 0.368 bits per heavy atom. The fourth-order valence-electron chi connectivity index (χ4n) is 10.8. The molecule has 8 aliphatic carbocycles. The van der Waals surface area contributed by atoms with Crippen LogP contribution in [-0.2, 0) is 0 Å². The van der Waals surface area contributed by atoms with Gasteiger partial charge in [-0.05, 0) is 81.0 Å². The van der Waals surface area contributed by atoms with Gasteiger partial charge < -0.3 is 0 Å². The SMILES string of the molecule is c1ccc2c(c1)C1C3=C4C5c6ccccc6C(c6ccccc65)C4C4CCCCC4C3C2c2ccccc21. The van der Waals surface area contributed by atoms with Crippen LogP contribution in [0.4, 0.5) is 0 Å². The highest BCUT2D eigenvalue weighted by atomic mass is 14.6. The fourth-order valence-corrected chi connectivity index (χ4v) is 10.8. The van der Waals surface area contributed by atoms with Gasteiger partial charge in [0.1, 0.15) is 0 Å². The third-order valence-electron chi connectivity index (χ3n) is 11.8. The van der Waals surface area contributed by atoms with E-state index in [2.05, 4.69) is 97.1 Å². The zero-order valence-electron chi connectivity index (χ0n) is 21.7. The molecular weight excluding hydrogens is 456 g/mol. The summed E-state index contributed by atoms with van der Waals surface area (Å²) < 4.78 is 0. The van der Waals surface area contributed by atoms with Crippen LogP contribution in [0.3, 0.4) is 0 Å². The largest absolute Gasteiger partial charge is 0.0620 e. The van der Waals surface area contributed by atoms with E-state index >= 15 is 0 Å². The van der Waals surface area contributed by atoms with Crippen molar-refractivity contribution in [3.05, 3.63) is 153 Å². The molecule has 4 atom stereocenters. The maximum Gasteiger partial charge on any atom is 0.0311 e. The van der Waals surface area contributed by atoms with Gasteiger partial charge in [0.25, 0.3) is 0 Å². The van der Waals surface area contributed by atoms with E-state index in [1.54, 1.807) is 44.5 Å². The summed E-state index contributed by atoms with van der Waals surface area (Å²) in [5, 5.41) is 0. The summed E-state index contributed by atoms with van der Waals surface area (Å²) in [5.41, 5.74) is 16.7. The van der Waals surface area contributed by atoms with E-state index in [9.17, 15) is 0 Å². The van der Waals surface area contributed by atoms with Crippen LogP contribution < -0.4 is 0 Å². The molecule has 0 spiro atoms. The molecule has 4 bridgehead atoms. The molecule has 0 saturated heterocycles. The molecular formula is C38H32. The normalized spacial score (nSPS) is 34.3. The van der Waals surface area contributed by atoms with E-state index in [-0.39, 0.29) is 0 Å². The van der Waals surface area contributed by atoms with E-state index < -0.39 is 0 Å². The third-order valence-corrected chi connectivity index (χ3v) is 11.8. The van der Waals surface area contributed by atoms with Gasteiger partial charge in [0.15, 0.2) is 0 Å². The molecule has 8 aliphatic rings. The van der Waals surface area contributed by atoms with Crippen molar-refractivity contribution in [2.45, 2.75) is 49.4 Å². The van der Waals surface area contributed by atoms with Gasteiger partial charge in [0, 0.05) is 23.7 Å². The van der Waals surface area contributed by atoms with Crippen molar-refractivity contribution in [3.8, 4) is 0 Å². The van der Waals surface area contributed by atoms with Gasteiger partial charge in [-0.2, -0.15) is 0 Å². The topological polar surface area (TPSA) is 0 Å². The van der Waals surface area contributed by atoms with Crippen LogP contribution in [-0.4, -0.2) is 0 Å². The number of benzene rings is 4. The van der Waals surface area contributed by atoms with Crippen LogP contribution in [0, 0.1) is 23.7 Å². The molecule has 0 heteroatoms. The second kappa shape index (κ2) is 7.17. The lowest BCUT2D eigenvalue weighted by atomic mass is 9.41. The summed E-state index contributed by atoms with van der Waals surface area (Å²) in [6.45, 7) is 0. The molecule has 1 saturated carbocycles. The van der Waals surface area contributed by atoms with Crippen molar-refractivity contribution in [2.24, 2.45) is 23.7 Å². The van der Waals surface area contributed by atoms with Crippen LogP contribution in [0.15, 0.2) is 108 Å². The summed E-state index contributed by atoms with van der Waals surface area (Å²) >= 11 is 0. The second-order valence-corrected chi connectivity index (χ2v) is 12.9. The van der Waals surface area contributed by atoms with Gasteiger partial charge in [-0.25, -0.2) is 0 Å². The first-order valence-electron chi connectivity index (χ1n) is 15.0. The zero-order valence-corrected chi connectivity index (χ0v) is 21.7. The van der Waals surface area contributed by atoms with Gasteiger partial charge in [0.2, 0.25) is 0 Å². The summed E-state index contributed by atoms with van der Waals surface area (Å²) in [6, 6.07) is 38.2. The highest BCUT2D eigenvalue weighted by Gasteiger charge is 2.61. The average Bonchev–Trinajstić information content (AvgIpc) is 3.00. The number of hydrogen-bond acceptors (Lipinski definition) is 0. The molecule has 4 aromatic carbocycles. The molecule has 0 nitrogen and oxygen atoms in total. The predicted molar refractivity (Wildman–Crippen MR) is 153 cm³/mol. The molecule has 184 valence electrons. The van der Waals surface area contributed by atoms with E-state index in [1.165, 1.54) is 25.7 Å². The molecule has 0 aromatic heterocycles. The first-order chi connectivity index (χ1) is 18.9. The number of hydrogen-bond donors (Lipinski definition) is 0. The van der Waals surface area contributed by atoms with Gasteiger partial charge in [-0.1, -0.05) is 121 Å².